The number of aromatic nitrogens is 1. The van der Waals surface area contributed by atoms with Crippen LogP contribution in [0.4, 0.5) is 0 Å². The molecular formula is C21H24N4O4S2. The fraction of sp³-hybridized carbons (Fsp3) is 0.333. The maximum atomic E-state index is 13.2. The van der Waals surface area contributed by atoms with E-state index in [1.165, 1.54) is 22.6 Å². The zero-order chi connectivity index (χ0) is 22.0. The molecule has 10 heteroatoms. The van der Waals surface area contributed by atoms with Gasteiger partial charge in [0.15, 0.2) is 0 Å². The summed E-state index contributed by atoms with van der Waals surface area (Å²) in [4.78, 5) is 29.8. The molecule has 2 N–H and O–H groups in total. The van der Waals surface area contributed by atoms with Crippen molar-refractivity contribution >= 4 is 44.1 Å². The summed E-state index contributed by atoms with van der Waals surface area (Å²) in [5, 5.41) is 5.51. The average Bonchev–Trinajstić information content (AvgIpc) is 3.44. The van der Waals surface area contributed by atoms with Gasteiger partial charge >= 0.3 is 0 Å². The first-order valence-electron chi connectivity index (χ1n) is 10.0. The van der Waals surface area contributed by atoms with Gasteiger partial charge in [0, 0.05) is 56.6 Å². The van der Waals surface area contributed by atoms with Crippen molar-refractivity contribution in [2.75, 3.05) is 26.2 Å². The second kappa shape index (κ2) is 8.81. The molecule has 1 saturated heterocycles. The van der Waals surface area contributed by atoms with E-state index in [0.717, 1.165) is 16.5 Å². The number of H-pyrrole nitrogens is 1. The van der Waals surface area contributed by atoms with Crippen molar-refractivity contribution in [3.8, 4) is 0 Å². The van der Waals surface area contributed by atoms with Crippen LogP contribution < -0.4 is 5.32 Å². The predicted molar refractivity (Wildman–Crippen MR) is 119 cm³/mol. The highest BCUT2D eigenvalue weighted by molar-refractivity contribution is 7.91. The standard InChI is InChI=1S/C21H24N4O4S2/c1-15(26)23-19(13-16-14-22-18-6-3-2-5-17(16)18)21(27)24-8-10-25(11-9-24)31(28,29)20-7-4-12-30-20/h2-7,12,14,19,22H,8-11,13H2,1H3,(H,23,26)/t19-/m1/s1. The number of sulfonamides is 1. The molecule has 164 valence electrons. The Morgan fingerprint density at radius 3 is 2.55 bits per heavy atom. The quantitative estimate of drug-likeness (QED) is 0.586. The maximum absolute atomic E-state index is 13.2. The third-order valence-corrected chi connectivity index (χ3v) is 8.69. The lowest BCUT2D eigenvalue weighted by Gasteiger charge is -2.35. The third-order valence-electron chi connectivity index (χ3n) is 5.41. The molecule has 0 spiro atoms. The zero-order valence-corrected chi connectivity index (χ0v) is 18.7. The predicted octanol–water partition coefficient (Wildman–Crippen LogP) is 1.81. The number of rotatable bonds is 6. The summed E-state index contributed by atoms with van der Waals surface area (Å²) in [5.74, 6) is -0.481. The SMILES string of the molecule is CC(=O)N[C@H](Cc1c[nH]c2ccccc12)C(=O)N1CCN(S(=O)(=O)c2cccs2)CC1. The first-order valence-corrected chi connectivity index (χ1v) is 12.3. The van der Waals surface area contributed by atoms with Crippen LogP contribution in [0.5, 0.6) is 0 Å². The summed E-state index contributed by atoms with van der Waals surface area (Å²) in [6.07, 6.45) is 2.22. The topological polar surface area (TPSA) is 103 Å². The van der Waals surface area contributed by atoms with Crippen molar-refractivity contribution < 1.29 is 18.0 Å². The zero-order valence-electron chi connectivity index (χ0n) is 17.1. The van der Waals surface area contributed by atoms with Gasteiger partial charge in [-0.1, -0.05) is 24.3 Å². The van der Waals surface area contributed by atoms with E-state index in [0.29, 0.717) is 10.6 Å². The molecule has 0 bridgehead atoms. The van der Waals surface area contributed by atoms with Crippen molar-refractivity contribution in [2.45, 2.75) is 23.6 Å². The van der Waals surface area contributed by atoms with Crippen molar-refractivity contribution in [1.29, 1.82) is 0 Å². The van der Waals surface area contributed by atoms with E-state index < -0.39 is 16.1 Å². The van der Waals surface area contributed by atoms with Gasteiger partial charge in [-0.05, 0) is 23.1 Å². The van der Waals surface area contributed by atoms with Gasteiger partial charge in [0.25, 0.3) is 10.0 Å². The molecule has 0 saturated carbocycles. The van der Waals surface area contributed by atoms with Gasteiger partial charge in [-0.25, -0.2) is 8.42 Å². The summed E-state index contributed by atoms with van der Waals surface area (Å²) in [6.45, 7) is 2.42. The maximum Gasteiger partial charge on any atom is 0.252 e. The largest absolute Gasteiger partial charge is 0.361 e. The lowest BCUT2D eigenvalue weighted by Crippen LogP contribution is -2.56. The van der Waals surface area contributed by atoms with Crippen LogP contribution in [-0.2, 0) is 26.0 Å². The fourth-order valence-electron chi connectivity index (χ4n) is 3.87. The molecule has 1 fully saturated rings. The van der Waals surface area contributed by atoms with Gasteiger partial charge < -0.3 is 15.2 Å². The van der Waals surface area contributed by atoms with Crippen molar-refractivity contribution in [3.05, 3.63) is 53.5 Å². The summed E-state index contributed by atoms with van der Waals surface area (Å²) in [7, 11) is -3.53. The molecule has 0 aliphatic carbocycles. The van der Waals surface area contributed by atoms with E-state index in [2.05, 4.69) is 10.3 Å². The Morgan fingerprint density at radius 1 is 1.13 bits per heavy atom. The normalized spacial score (nSPS) is 16.4. The van der Waals surface area contributed by atoms with Gasteiger partial charge in [-0.2, -0.15) is 4.31 Å². The molecule has 1 aliphatic rings. The number of benzene rings is 1. The summed E-state index contributed by atoms with van der Waals surface area (Å²) >= 11 is 1.18. The van der Waals surface area contributed by atoms with E-state index in [4.69, 9.17) is 0 Å². The number of aromatic amines is 1. The number of amides is 2. The van der Waals surface area contributed by atoms with E-state index in [1.54, 1.807) is 22.4 Å². The summed E-state index contributed by atoms with van der Waals surface area (Å²) < 4.78 is 27.1. The monoisotopic (exact) mass is 460 g/mol. The number of thiophene rings is 1. The van der Waals surface area contributed by atoms with E-state index >= 15 is 0 Å². The number of nitrogens with one attached hydrogen (secondary N) is 2. The van der Waals surface area contributed by atoms with Crippen LogP contribution in [0.1, 0.15) is 12.5 Å². The Morgan fingerprint density at radius 2 is 1.87 bits per heavy atom. The van der Waals surface area contributed by atoms with Gasteiger partial charge in [-0.3, -0.25) is 9.59 Å². The molecule has 1 aliphatic heterocycles. The van der Waals surface area contributed by atoms with E-state index in [1.807, 2.05) is 30.5 Å². The summed E-state index contributed by atoms with van der Waals surface area (Å²) in [6, 6.07) is 10.4. The highest BCUT2D eigenvalue weighted by Crippen LogP contribution is 2.23. The van der Waals surface area contributed by atoms with Crippen LogP contribution in [0.2, 0.25) is 0 Å². The van der Waals surface area contributed by atoms with Gasteiger partial charge in [0.1, 0.15) is 10.3 Å². The Labute approximate surface area is 184 Å². The molecule has 2 amide bonds. The molecule has 3 aromatic rings. The minimum Gasteiger partial charge on any atom is -0.361 e. The van der Waals surface area contributed by atoms with Crippen molar-refractivity contribution in [1.82, 2.24) is 19.5 Å². The first kappa shape index (κ1) is 21.5. The molecule has 0 radical (unpaired) electrons. The molecule has 8 nitrogen and oxygen atoms in total. The highest BCUT2D eigenvalue weighted by Gasteiger charge is 2.33. The van der Waals surface area contributed by atoms with Gasteiger partial charge in [0.05, 0.1) is 0 Å². The number of hydrogen-bond acceptors (Lipinski definition) is 5. The van der Waals surface area contributed by atoms with Crippen LogP contribution in [-0.4, -0.2) is 66.6 Å². The Kier molecular flexibility index (Phi) is 6.12. The summed E-state index contributed by atoms with van der Waals surface area (Å²) in [5.41, 5.74) is 1.92. The number of carbonyl (C=O) groups excluding carboxylic acids is 2. The lowest BCUT2D eigenvalue weighted by molar-refractivity contribution is -0.137. The minimum absolute atomic E-state index is 0.200. The van der Waals surface area contributed by atoms with Crippen LogP contribution in [0.15, 0.2) is 52.2 Å². The molecule has 2 aromatic heterocycles. The Hall–Kier alpha value is -2.69. The van der Waals surface area contributed by atoms with Gasteiger partial charge in [-0.15, -0.1) is 11.3 Å². The number of carbonyl (C=O) groups is 2. The van der Waals surface area contributed by atoms with Crippen molar-refractivity contribution in [2.24, 2.45) is 0 Å². The van der Waals surface area contributed by atoms with Crippen LogP contribution in [0.3, 0.4) is 0 Å². The Balaban J connectivity index is 1.46. The first-order chi connectivity index (χ1) is 14.9. The molecule has 4 rings (SSSR count). The molecular weight excluding hydrogens is 436 g/mol. The molecule has 1 atom stereocenters. The highest BCUT2D eigenvalue weighted by atomic mass is 32.2. The second-order valence-corrected chi connectivity index (χ2v) is 10.6. The van der Waals surface area contributed by atoms with E-state index in [9.17, 15) is 18.0 Å². The number of piperazine rings is 1. The Bertz CT molecular complexity index is 1180. The number of hydrogen-bond donors (Lipinski definition) is 2. The van der Waals surface area contributed by atoms with Crippen LogP contribution in [0, 0.1) is 0 Å². The van der Waals surface area contributed by atoms with Crippen LogP contribution >= 0.6 is 11.3 Å². The van der Waals surface area contributed by atoms with Crippen molar-refractivity contribution in [3.63, 3.8) is 0 Å². The fourth-order valence-corrected chi connectivity index (χ4v) is 6.44. The van der Waals surface area contributed by atoms with Crippen LogP contribution in [0.25, 0.3) is 10.9 Å². The molecule has 3 heterocycles. The molecule has 1 aromatic carbocycles. The number of fused-ring (bicyclic) bond motifs is 1. The smallest absolute Gasteiger partial charge is 0.252 e. The lowest BCUT2D eigenvalue weighted by atomic mass is 10.0. The minimum atomic E-state index is -3.53. The van der Waals surface area contributed by atoms with E-state index in [-0.39, 0.29) is 38.0 Å². The second-order valence-electron chi connectivity index (χ2n) is 7.48. The molecule has 31 heavy (non-hydrogen) atoms. The third kappa shape index (κ3) is 4.51. The molecule has 0 unspecified atom stereocenters. The average molecular weight is 461 g/mol. The number of para-hydroxylation sites is 1. The number of nitrogens with zero attached hydrogens (tertiary/aromatic N) is 2. The van der Waals surface area contributed by atoms with Gasteiger partial charge in [0.2, 0.25) is 11.8 Å².